The number of rotatable bonds is 12. The van der Waals surface area contributed by atoms with Crippen molar-refractivity contribution in [1.29, 1.82) is 0 Å². The van der Waals surface area contributed by atoms with Gasteiger partial charge in [0.2, 0.25) is 11.8 Å². The Morgan fingerprint density at radius 2 is 1.59 bits per heavy atom. The predicted molar refractivity (Wildman–Crippen MR) is 159 cm³/mol. The monoisotopic (exact) mass is 580 g/mol. The highest BCUT2D eigenvalue weighted by atomic mass is 79.9. The molecular formula is C31H37BrN2O2S. The molecule has 0 aromatic heterocycles. The van der Waals surface area contributed by atoms with E-state index in [0.717, 1.165) is 27.8 Å². The summed E-state index contributed by atoms with van der Waals surface area (Å²) in [6.45, 7) is 8.60. The Kier molecular flexibility index (Phi) is 11.3. The van der Waals surface area contributed by atoms with Crippen LogP contribution in [0, 0.1) is 13.8 Å². The van der Waals surface area contributed by atoms with Crippen LogP contribution in [-0.4, -0.2) is 34.6 Å². The van der Waals surface area contributed by atoms with Gasteiger partial charge in [-0.05, 0) is 56.0 Å². The minimum Gasteiger partial charge on any atom is -0.352 e. The number of nitrogens with zero attached hydrogens (tertiary/aromatic N) is 1. The zero-order valence-corrected chi connectivity index (χ0v) is 24.6. The number of amides is 2. The first kappa shape index (κ1) is 29.0. The van der Waals surface area contributed by atoms with E-state index in [4.69, 9.17) is 0 Å². The molecule has 0 bridgehead atoms. The third kappa shape index (κ3) is 9.35. The molecule has 2 unspecified atom stereocenters. The average Bonchev–Trinajstić information content (AvgIpc) is 2.86. The van der Waals surface area contributed by atoms with Crippen LogP contribution in [0.1, 0.15) is 48.1 Å². The summed E-state index contributed by atoms with van der Waals surface area (Å²) >= 11 is 5.14. The fourth-order valence-corrected chi connectivity index (χ4v) is 5.61. The Hall–Kier alpha value is -2.57. The third-order valence-corrected chi connectivity index (χ3v) is 7.77. The Morgan fingerprint density at radius 1 is 0.919 bits per heavy atom. The summed E-state index contributed by atoms with van der Waals surface area (Å²) in [7, 11) is 0. The second kappa shape index (κ2) is 14.4. The lowest BCUT2D eigenvalue weighted by Gasteiger charge is -2.32. The standard InChI is InChI=1S/C31H37BrN2O2S/c1-5-24(4)33-31(36)29(18-25-10-7-6-8-11-25)34(19-26-12-9-13-28(32)17-26)30(35)21-37-20-27-15-22(2)14-23(3)16-27/h6-17,24,29H,5,18-21H2,1-4H3,(H,33,36). The average molecular weight is 582 g/mol. The van der Waals surface area contributed by atoms with Gasteiger partial charge in [0.1, 0.15) is 6.04 Å². The first-order valence-electron chi connectivity index (χ1n) is 12.8. The van der Waals surface area contributed by atoms with Crippen LogP contribution in [0.5, 0.6) is 0 Å². The van der Waals surface area contributed by atoms with Crippen molar-refractivity contribution in [2.75, 3.05) is 5.75 Å². The van der Waals surface area contributed by atoms with Crippen LogP contribution in [-0.2, 0) is 28.3 Å². The maximum absolute atomic E-state index is 13.8. The van der Waals surface area contributed by atoms with E-state index in [-0.39, 0.29) is 17.9 Å². The Labute approximate surface area is 234 Å². The molecule has 0 heterocycles. The van der Waals surface area contributed by atoms with Crippen LogP contribution in [0.2, 0.25) is 0 Å². The highest BCUT2D eigenvalue weighted by Gasteiger charge is 2.30. The number of carbonyl (C=O) groups is 2. The van der Waals surface area contributed by atoms with Gasteiger partial charge in [0, 0.05) is 29.2 Å². The van der Waals surface area contributed by atoms with E-state index < -0.39 is 6.04 Å². The van der Waals surface area contributed by atoms with E-state index in [1.54, 1.807) is 16.7 Å². The van der Waals surface area contributed by atoms with Crippen LogP contribution in [0.3, 0.4) is 0 Å². The normalized spacial score (nSPS) is 12.6. The summed E-state index contributed by atoms with van der Waals surface area (Å²) in [4.78, 5) is 29.1. The second-order valence-corrected chi connectivity index (χ2v) is 11.6. The molecule has 0 spiro atoms. The van der Waals surface area contributed by atoms with Crippen molar-refractivity contribution >= 4 is 39.5 Å². The molecule has 0 radical (unpaired) electrons. The number of hydrogen-bond donors (Lipinski definition) is 1. The molecule has 0 saturated heterocycles. The second-order valence-electron chi connectivity index (χ2n) is 9.66. The summed E-state index contributed by atoms with van der Waals surface area (Å²) < 4.78 is 0.949. The molecular weight excluding hydrogens is 544 g/mol. The lowest BCUT2D eigenvalue weighted by atomic mass is 10.0. The number of thioether (sulfide) groups is 1. The third-order valence-electron chi connectivity index (χ3n) is 6.29. The van der Waals surface area contributed by atoms with Crippen molar-refractivity contribution in [2.24, 2.45) is 0 Å². The number of aryl methyl sites for hydroxylation is 2. The summed E-state index contributed by atoms with van der Waals surface area (Å²) in [6, 6.07) is 23.8. The number of carbonyl (C=O) groups excluding carboxylic acids is 2. The highest BCUT2D eigenvalue weighted by Crippen LogP contribution is 2.21. The van der Waals surface area contributed by atoms with Crippen LogP contribution >= 0.6 is 27.7 Å². The fourth-order valence-electron chi connectivity index (χ4n) is 4.32. The predicted octanol–water partition coefficient (Wildman–Crippen LogP) is 6.85. The molecule has 37 heavy (non-hydrogen) atoms. The van der Waals surface area contributed by atoms with E-state index in [1.807, 2.05) is 68.4 Å². The molecule has 3 aromatic rings. The van der Waals surface area contributed by atoms with E-state index in [2.05, 4.69) is 53.3 Å². The molecule has 4 nitrogen and oxygen atoms in total. The molecule has 2 atom stereocenters. The first-order valence-corrected chi connectivity index (χ1v) is 14.7. The van der Waals surface area contributed by atoms with Gasteiger partial charge in [0.15, 0.2) is 0 Å². The molecule has 0 aliphatic rings. The van der Waals surface area contributed by atoms with E-state index in [9.17, 15) is 9.59 Å². The molecule has 0 aliphatic heterocycles. The van der Waals surface area contributed by atoms with Gasteiger partial charge in [-0.25, -0.2) is 0 Å². The maximum Gasteiger partial charge on any atom is 0.243 e. The quantitative estimate of drug-likeness (QED) is 0.255. The lowest BCUT2D eigenvalue weighted by molar-refractivity contribution is -0.139. The largest absolute Gasteiger partial charge is 0.352 e. The topological polar surface area (TPSA) is 49.4 Å². The summed E-state index contributed by atoms with van der Waals surface area (Å²) in [5, 5.41) is 3.13. The fraction of sp³-hybridized carbons (Fsp3) is 0.355. The van der Waals surface area contributed by atoms with Crippen molar-refractivity contribution in [1.82, 2.24) is 10.2 Å². The van der Waals surface area contributed by atoms with E-state index in [1.165, 1.54) is 16.7 Å². The highest BCUT2D eigenvalue weighted by molar-refractivity contribution is 9.10. The summed E-state index contributed by atoms with van der Waals surface area (Å²) in [5.41, 5.74) is 5.67. The molecule has 0 fully saturated rings. The van der Waals surface area contributed by atoms with Gasteiger partial charge in [-0.15, -0.1) is 11.8 Å². The minimum absolute atomic E-state index is 0.0328. The number of hydrogen-bond acceptors (Lipinski definition) is 3. The van der Waals surface area contributed by atoms with Crippen LogP contribution in [0.4, 0.5) is 0 Å². The van der Waals surface area contributed by atoms with Gasteiger partial charge >= 0.3 is 0 Å². The molecule has 1 N–H and O–H groups in total. The Bertz CT molecular complexity index is 1160. The smallest absolute Gasteiger partial charge is 0.243 e. The SMILES string of the molecule is CCC(C)NC(=O)C(Cc1ccccc1)N(Cc1cccc(Br)c1)C(=O)CSCc1cc(C)cc(C)c1. The Balaban J connectivity index is 1.86. The van der Waals surface area contributed by atoms with E-state index >= 15 is 0 Å². The minimum atomic E-state index is -0.607. The van der Waals surface area contributed by atoms with Crippen LogP contribution in [0.25, 0.3) is 0 Å². The molecule has 6 heteroatoms. The van der Waals surface area contributed by atoms with Crippen molar-refractivity contribution in [3.63, 3.8) is 0 Å². The van der Waals surface area contributed by atoms with Crippen molar-refractivity contribution in [2.45, 2.75) is 64.9 Å². The van der Waals surface area contributed by atoms with E-state index in [0.29, 0.717) is 18.7 Å². The van der Waals surface area contributed by atoms with Crippen molar-refractivity contribution in [3.8, 4) is 0 Å². The van der Waals surface area contributed by atoms with Crippen molar-refractivity contribution < 1.29 is 9.59 Å². The van der Waals surface area contributed by atoms with Gasteiger partial charge in [0.05, 0.1) is 5.75 Å². The molecule has 0 aliphatic carbocycles. The van der Waals surface area contributed by atoms with Crippen molar-refractivity contribution in [3.05, 3.63) is 105 Å². The zero-order chi connectivity index (χ0) is 26.8. The van der Waals surface area contributed by atoms with Gasteiger partial charge in [0.25, 0.3) is 0 Å². The van der Waals surface area contributed by atoms with Crippen LogP contribution in [0.15, 0.2) is 77.3 Å². The van der Waals surface area contributed by atoms with Gasteiger partial charge in [-0.2, -0.15) is 0 Å². The van der Waals surface area contributed by atoms with Gasteiger partial charge in [-0.3, -0.25) is 9.59 Å². The van der Waals surface area contributed by atoms with Gasteiger partial charge < -0.3 is 10.2 Å². The Morgan fingerprint density at radius 3 is 2.24 bits per heavy atom. The summed E-state index contributed by atoms with van der Waals surface area (Å²) in [6.07, 6.45) is 1.29. The molecule has 3 aromatic carbocycles. The summed E-state index contributed by atoms with van der Waals surface area (Å²) in [5.74, 6) is 0.917. The maximum atomic E-state index is 13.8. The molecule has 0 saturated carbocycles. The molecule has 196 valence electrons. The number of benzene rings is 3. The molecule has 3 rings (SSSR count). The zero-order valence-electron chi connectivity index (χ0n) is 22.2. The number of halogens is 1. The van der Waals surface area contributed by atoms with Gasteiger partial charge in [-0.1, -0.05) is 94.6 Å². The number of nitrogens with one attached hydrogen (secondary N) is 1. The lowest BCUT2D eigenvalue weighted by Crippen LogP contribution is -2.52. The molecule has 2 amide bonds. The first-order chi connectivity index (χ1) is 17.7. The van der Waals surface area contributed by atoms with Crippen LogP contribution < -0.4 is 5.32 Å².